The van der Waals surface area contributed by atoms with E-state index in [1.54, 1.807) is 12.1 Å². The Balaban J connectivity index is 0.00000169. The van der Waals surface area contributed by atoms with Crippen molar-refractivity contribution in [3.05, 3.63) is 39.9 Å². The molecule has 0 spiro atoms. The number of nitro benzene ring substituents is 1. The van der Waals surface area contributed by atoms with E-state index >= 15 is 0 Å². The van der Waals surface area contributed by atoms with E-state index in [1.165, 1.54) is 12.1 Å². The highest BCUT2D eigenvalue weighted by Crippen LogP contribution is 2.13. The van der Waals surface area contributed by atoms with Crippen molar-refractivity contribution in [2.45, 2.75) is 0 Å². The molecule has 0 aliphatic heterocycles. The quantitative estimate of drug-likeness (QED) is 0.283. The van der Waals surface area contributed by atoms with Gasteiger partial charge in [0.2, 0.25) is 0 Å². The van der Waals surface area contributed by atoms with Crippen LogP contribution in [0.3, 0.4) is 0 Å². The van der Waals surface area contributed by atoms with Crippen LogP contribution in [0.2, 0.25) is 0 Å². The molecular formula is C8H7BrClNO2S. The number of non-ortho nitro benzene ring substituents is 1. The average Bonchev–Trinajstić information content (AvgIpc) is 2.17. The predicted molar refractivity (Wildman–Crippen MR) is 65.8 cm³/mol. The van der Waals surface area contributed by atoms with E-state index in [9.17, 15) is 10.1 Å². The lowest BCUT2D eigenvalue weighted by molar-refractivity contribution is -0.384. The summed E-state index contributed by atoms with van der Waals surface area (Å²) in [7, 11) is 0. The van der Waals surface area contributed by atoms with Crippen molar-refractivity contribution in [3.8, 4) is 0 Å². The SMILES string of the molecule is Cl.O=[N+]([O-])c1ccc(C(=S)CBr)cc1. The van der Waals surface area contributed by atoms with Crippen molar-refractivity contribution in [2.75, 3.05) is 5.33 Å². The summed E-state index contributed by atoms with van der Waals surface area (Å²) in [4.78, 5) is 10.6. The molecule has 0 aliphatic rings. The number of nitrogens with zero attached hydrogens (tertiary/aromatic N) is 1. The zero-order chi connectivity index (χ0) is 9.84. The normalized spacial score (nSPS) is 8.93. The Kier molecular flexibility index (Phi) is 5.83. The van der Waals surface area contributed by atoms with Crippen molar-refractivity contribution in [3.63, 3.8) is 0 Å². The lowest BCUT2D eigenvalue weighted by Gasteiger charge is -1.98. The molecule has 0 aromatic heterocycles. The smallest absolute Gasteiger partial charge is 0.258 e. The molecule has 6 heteroatoms. The summed E-state index contributed by atoms with van der Waals surface area (Å²) >= 11 is 8.24. The second kappa shape index (κ2) is 6.06. The Morgan fingerprint density at radius 2 is 1.93 bits per heavy atom. The predicted octanol–water partition coefficient (Wildman–Crippen LogP) is 3.13. The van der Waals surface area contributed by atoms with E-state index < -0.39 is 4.92 Å². The number of alkyl halides is 1. The van der Waals surface area contributed by atoms with Gasteiger partial charge in [-0.1, -0.05) is 28.1 Å². The summed E-state index contributed by atoms with van der Waals surface area (Å²) in [5.74, 6) is 0. The fourth-order valence-electron chi connectivity index (χ4n) is 0.846. The molecule has 0 unspecified atom stereocenters. The van der Waals surface area contributed by atoms with Gasteiger partial charge >= 0.3 is 0 Å². The van der Waals surface area contributed by atoms with Gasteiger partial charge in [-0.15, -0.1) is 12.4 Å². The second-order valence-corrected chi connectivity index (χ2v) is 3.41. The second-order valence-electron chi connectivity index (χ2n) is 2.36. The number of hydrogen-bond acceptors (Lipinski definition) is 3. The van der Waals surface area contributed by atoms with Crippen molar-refractivity contribution in [1.82, 2.24) is 0 Å². The fraction of sp³-hybridized carbons (Fsp3) is 0.125. The van der Waals surface area contributed by atoms with Crippen LogP contribution in [-0.2, 0) is 0 Å². The average molecular weight is 297 g/mol. The molecule has 1 rings (SSSR count). The molecule has 1 aromatic rings. The molecule has 3 nitrogen and oxygen atoms in total. The van der Waals surface area contributed by atoms with Crippen LogP contribution in [-0.4, -0.2) is 15.1 Å². The first-order valence-corrected chi connectivity index (χ1v) is 5.01. The summed E-state index contributed by atoms with van der Waals surface area (Å²) in [6.45, 7) is 0. The van der Waals surface area contributed by atoms with E-state index in [1.807, 2.05) is 0 Å². The molecule has 0 saturated heterocycles. The summed E-state index contributed by atoms with van der Waals surface area (Å²) in [6, 6.07) is 6.21. The Morgan fingerprint density at radius 1 is 1.43 bits per heavy atom. The van der Waals surface area contributed by atoms with Crippen LogP contribution in [0, 0.1) is 10.1 Å². The highest BCUT2D eigenvalue weighted by molar-refractivity contribution is 9.09. The minimum atomic E-state index is -0.430. The summed E-state index contributed by atoms with van der Waals surface area (Å²) < 4.78 is 0. The molecule has 0 saturated carbocycles. The zero-order valence-electron chi connectivity index (χ0n) is 6.97. The number of hydrogen-bond donors (Lipinski definition) is 0. The van der Waals surface area contributed by atoms with Gasteiger partial charge in [0.05, 0.1) is 4.92 Å². The molecule has 0 N–H and O–H groups in total. The minimum absolute atomic E-state index is 0. The lowest BCUT2D eigenvalue weighted by Crippen LogP contribution is -1.98. The summed E-state index contributed by atoms with van der Waals surface area (Å²) in [5.41, 5.74) is 0.929. The maximum atomic E-state index is 10.3. The van der Waals surface area contributed by atoms with Gasteiger partial charge in [0.25, 0.3) is 5.69 Å². The minimum Gasteiger partial charge on any atom is -0.258 e. The monoisotopic (exact) mass is 295 g/mol. The molecule has 14 heavy (non-hydrogen) atoms. The molecule has 1 aromatic carbocycles. The zero-order valence-corrected chi connectivity index (χ0v) is 10.2. The van der Waals surface area contributed by atoms with Crippen LogP contribution >= 0.6 is 40.6 Å². The third kappa shape index (κ3) is 3.32. The van der Waals surface area contributed by atoms with Gasteiger partial charge in [-0.25, -0.2) is 0 Å². The van der Waals surface area contributed by atoms with Crippen LogP contribution < -0.4 is 0 Å². The number of nitro groups is 1. The molecule has 0 amide bonds. The number of thiocarbonyl (C=S) groups is 1. The Bertz CT molecular complexity index is 342. The third-order valence-corrected chi connectivity index (χ3v) is 2.83. The van der Waals surface area contributed by atoms with E-state index in [0.29, 0.717) is 5.33 Å². The third-order valence-electron chi connectivity index (χ3n) is 1.52. The highest BCUT2D eigenvalue weighted by atomic mass is 79.9. The number of benzene rings is 1. The molecule has 0 bridgehead atoms. The largest absolute Gasteiger partial charge is 0.269 e. The van der Waals surface area contributed by atoms with Crippen LogP contribution in [0.4, 0.5) is 5.69 Å². The molecule has 76 valence electrons. The Labute approximate surface area is 101 Å². The number of rotatable bonds is 3. The van der Waals surface area contributed by atoms with Crippen LogP contribution in [0.5, 0.6) is 0 Å². The van der Waals surface area contributed by atoms with Gasteiger partial charge < -0.3 is 0 Å². The van der Waals surface area contributed by atoms with E-state index in [-0.39, 0.29) is 18.1 Å². The van der Waals surface area contributed by atoms with Crippen molar-refractivity contribution < 1.29 is 4.92 Å². The molecule has 0 heterocycles. The van der Waals surface area contributed by atoms with Crippen LogP contribution in [0.15, 0.2) is 24.3 Å². The molecular weight excluding hydrogens is 290 g/mol. The van der Waals surface area contributed by atoms with Crippen molar-refractivity contribution in [2.24, 2.45) is 0 Å². The highest BCUT2D eigenvalue weighted by Gasteiger charge is 2.05. The van der Waals surface area contributed by atoms with Gasteiger partial charge in [-0.3, -0.25) is 10.1 Å². The van der Waals surface area contributed by atoms with E-state index in [0.717, 1.165) is 10.4 Å². The first-order chi connectivity index (χ1) is 6.15. The summed E-state index contributed by atoms with van der Waals surface area (Å²) in [5, 5.41) is 10.9. The molecule has 0 fully saturated rings. The van der Waals surface area contributed by atoms with Gasteiger partial charge in [0.1, 0.15) is 0 Å². The van der Waals surface area contributed by atoms with Gasteiger partial charge in [0, 0.05) is 22.3 Å². The van der Waals surface area contributed by atoms with Crippen LogP contribution in [0.25, 0.3) is 0 Å². The van der Waals surface area contributed by atoms with Crippen molar-refractivity contribution in [1.29, 1.82) is 0 Å². The first-order valence-electron chi connectivity index (χ1n) is 3.49. The maximum Gasteiger partial charge on any atom is 0.269 e. The number of halogens is 2. The van der Waals surface area contributed by atoms with Gasteiger partial charge in [0.15, 0.2) is 0 Å². The molecule has 0 radical (unpaired) electrons. The van der Waals surface area contributed by atoms with Gasteiger partial charge in [-0.2, -0.15) is 0 Å². The lowest BCUT2D eigenvalue weighted by atomic mass is 10.1. The summed E-state index contributed by atoms with van der Waals surface area (Å²) in [6.07, 6.45) is 0. The van der Waals surface area contributed by atoms with Crippen molar-refractivity contribution >= 4 is 51.1 Å². The Morgan fingerprint density at radius 3 is 2.29 bits per heavy atom. The van der Waals surface area contributed by atoms with E-state index in [2.05, 4.69) is 15.9 Å². The first kappa shape index (κ1) is 13.5. The topological polar surface area (TPSA) is 43.1 Å². The van der Waals surface area contributed by atoms with Gasteiger partial charge in [-0.05, 0) is 17.7 Å². The Hall–Kier alpha value is -0.520. The molecule has 0 aliphatic carbocycles. The van der Waals surface area contributed by atoms with Crippen LogP contribution in [0.1, 0.15) is 5.56 Å². The molecule has 0 atom stereocenters. The maximum absolute atomic E-state index is 10.3. The standard InChI is InChI=1S/C8H6BrNO2S.ClH/c9-5-8(13)6-1-3-7(4-2-6)10(11)12;/h1-4H,5H2;1H. The van der Waals surface area contributed by atoms with E-state index in [4.69, 9.17) is 12.2 Å². The fourth-order valence-corrected chi connectivity index (χ4v) is 1.31.